The molecule has 2 aromatic rings. The first-order chi connectivity index (χ1) is 14.8. The highest BCUT2D eigenvalue weighted by Crippen LogP contribution is 2.21. The van der Waals surface area contributed by atoms with Crippen LogP contribution in [0.3, 0.4) is 0 Å². The van der Waals surface area contributed by atoms with E-state index in [1.54, 1.807) is 6.07 Å². The summed E-state index contributed by atoms with van der Waals surface area (Å²) < 4.78 is 2.67. The van der Waals surface area contributed by atoms with Crippen molar-refractivity contribution in [2.45, 2.75) is 59.5 Å². The molecule has 31 heavy (non-hydrogen) atoms. The number of carboxylic acids is 1. The van der Waals surface area contributed by atoms with Gasteiger partial charge in [0.05, 0.1) is 24.0 Å². The molecule has 0 aliphatic carbocycles. The third-order valence-electron chi connectivity index (χ3n) is 5.34. The lowest BCUT2D eigenvalue weighted by atomic mass is 9.98. The third-order valence-corrected chi connectivity index (χ3v) is 6.62. The Balaban J connectivity index is 2.17. The molecular formula is C23H32BrN3O3S. The van der Waals surface area contributed by atoms with Gasteiger partial charge >= 0.3 is 5.97 Å². The van der Waals surface area contributed by atoms with Gasteiger partial charge in [0.25, 0.3) is 0 Å². The molecule has 1 heterocycles. The van der Waals surface area contributed by atoms with Gasteiger partial charge in [0.1, 0.15) is 5.82 Å². The van der Waals surface area contributed by atoms with Gasteiger partial charge in [-0.1, -0.05) is 33.3 Å². The zero-order valence-corrected chi connectivity index (χ0v) is 20.9. The minimum atomic E-state index is -0.963. The van der Waals surface area contributed by atoms with Gasteiger partial charge in [-0.15, -0.1) is 0 Å². The van der Waals surface area contributed by atoms with Crippen molar-refractivity contribution in [3.05, 3.63) is 51.5 Å². The predicted octanol–water partition coefficient (Wildman–Crippen LogP) is 4.94. The summed E-state index contributed by atoms with van der Waals surface area (Å²) in [6.45, 7) is 7.16. The van der Waals surface area contributed by atoms with Crippen LogP contribution in [0.25, 0.3) is 0 Å². The lowest BCUT2D eigenvalue weighted by molar-refractivity contribution is -0.125. The molecule has 0 saturated heterocycles. The Bertz CT molecular complexity index is 900. The molecule has 2 rings (SSSR count). The maximum atomic E-state index is 12.5. The van der Waals surface area contributed by atoms with E-state index in [0.29, 0.717) is 23.5 Å². The molecule has 2 N–H and O–H groups in total. The number of amides is 1. The maximum Gasteiger partial charge on any atom is 0.336 e. The van der Waals surface area contributed by atoms with Crippen molar-refractivity contribution in [1.29, 1.82) is 0 Å². The highest BCUT2D eigenvalue weighted by atomic mass is 79.9. The van der Waals surface area contributed by atoms with E-state index >= 15 is 0 Å². The lowest BCUT2D eigenvalue weighted by Gasteiger charge is -2.17. The number of rotatable bonds is 12. The van der Waals surface area contributed by atoms with Gasteiger partial charge in [-0.05, 0) is 58.1 Å². The highest BCUT2D eigenvalue weighted by molar-refractivity contribution is 9.10. The molecule has 0 saturated carbocycles. The van der Waals surface area contributed by atoms with Crippen LogP contribution in [0.2, 0.25) is 0 Å². The molecular weight excluding hydrogens is 478 g/mol. The number of benzene rings is 1. The third kappa shape index (κ3) is 7.38. The summed E-state index contributed by atoms with van der Waals surface area (Å²) in [5, 5.41) is 12.3. The fourth-order valence-electron chi connectivity index (χ4n) is 3.47. The van der Waals surface area contributed by atoms with Crippen LogP contribution >= 0.6 is 28.6 Å². The second kappa shape index (κ2) is 12.3. The summed E-state index contributed by atoms with van der Waals surface area (Å²) in [5.74, 6) is 1.13. The van der Waals surface area contributed by atoms with Crippen LogP contribution in [0.15, 0.2) is 28.9 Å². The van der Waals surface area contributed by atoms with E-state index in [1.807, 2.05) is 25.3 Å². The van der Waals surface area contributed by atoms with Gasteiger partial charge in [-0.2, -0.15) is 12.6 Å². The number of halogens is 1. The van der Waals surface area contributed by atoms with Crippen LogP contribution in [-0.2, 0) is 24.3 Å². The molecule has 0 spiro atoms. The van der Waals surface area contributed by atoms with Crippen LogP contribution in [0, 0.1) is 11.8 Å². The van der Waals surface area contributed by atoms with Gasteiger partial charge < -0.3 is 15.0 Å². The Kier molecular flexibility index (Phi) is 10.1. The van der Waals surface area contributed by atoms with Crippen LogP contribution in [0.4, 0.5) is 0 Å². The second-order valence-electron chi connectivity index (χ2n) is 8.12. The molecule has 1 aromatic heterocycles. The number of aromatic carboxylic acids is 1. The van der Waals surface area contributed by atoms with Crippen molar-refractivity contribution in [2.24, 2.45) is 11.8 Å². The average Bonchev–Trinajstić information content (AvgIpc) is 3.11. The Hall–Kier alpha value is -1.80. The minimum absolute atomic E-state index is 0.0325. The molecule has 6 nitrogen and oxygen atoms in total. The van der Waals surface area contributed by atoms with Crippen molar-refractivity contribution in [3.8, 4) is 0 Å². The van der Waals surface area contributed by atoms with E-state index in [0.717, 1.165) is 48.5 Å². The zero-order chi connectivity index (χ0) is 23.0. The predicted molar refractivity (Wildman–Crippen MR) is 130 cm³/mol. The van der Waals surface area contributed by atoms with E-state index in [-0.39, 0.29) is 17.4 Å². The Morgan fingerprint density at radius 3 is 2.68 bits per heavy atom. The fraction of sp³-hybridized carbons (Fsp3) is 0.522. The summed E-state index contributed by atoms with van der Waals surface area (Å²) in [5.41, 5.74) is 2.14. The maximum absolute atomic E-state index is 12.5. The standard InChI is InChI=1S/C23H32BrN3O3S/c1-4-5-6-21-25-11-18(12-26-22(28)16(3)9-15(2)14-31)27(21)13-17-7-8-19(23(29)30)20(24)10-17/h7-8,10-11,15-16,31H,4-6,9,12-14H2,1-3H3,(H,26,28)(H,29,30). The van der Waals surface area contributed by atoms with Crippen LogP contribution in [0.1, 0.15) is 67.5 Å². The number of hydrogen-bond donors (Lipinski definition) is 3. The molecule has 8 heteroatoms. The number of nitrogens with zero attached hydrogens (tertiary/aromatic N) is 2. The summed E-state index contributed by atoms with van der Waals surface area (Å²) in [6.07, 6.45) is 5.59. The van der Waals surface area contributed by atoms with Crippen LogP contribution < -0.4 is 5.32 Å². The van der Waals surface area contributed by atoms with Gasteiger partial charge in [0.15, 0.2) is 0 Å². The molecule has 2 atom stereocenters. The first-order valence-electron chi connectivity index (χ1n) is 10.7. The van der Waals surface area contributed by atoms with Gasteiger partial charge in [-0.25, -0.2) is 9.78 Å². The van der Waals surface area contributed by atoms with E-state index in [2.05, 4.69) is 57.3 Å². The quantitative estimate of drug-likeness (QED) is 0.353. The van der Waals surface area contributed by atoms with Crippen molar-refractivity contribution >= 4 is 40.4 Å². The number of carbonyl (C=O) groups is 2. The topological polar surface area (TPSA) is 84.2 Å². The average molecular weight is 510 g/mol. The van der Waals surface area contributed by atoms with Crippen molar-refractivity contribution in [2.75, 3.05) is 5.75 Å². The number of carboxylic acid groups (broad SMARTS) is 1. The SMILES string of the molecule is CCCCc1ncc(CNC(=O)C(C)CC(C)CS)n1Cc1ccc(C(=O)O)c(Br)c1. The summed E-state index contributed by atoms with van der Waals surface area (Å²) in [7, 11) is 0. The number of aryl methyl sites for hydroxylation is 1. The number of thiol groups is 1. The van der Waals surface area contributed by atoms with Crippen molar-refractivity contribution in [1.82, 2.24) is 14.9 Å². The molecule has 0 radical (unpaired) electrons. The summed E-state index contributed by atoms with van der Waals surface area (Å²) in [6, 6.07) is 5.26. The minimum Gasteiger partial charge on any atom is -0.478 e. The van der Waals surface area contributed by atoms with E-state index in [1.165, 1.54) is 0 Å². The van der Waals surface area contributed by atoms with E-state index in [9.17, 15) is 14.7 Å². The van der Waals surface area contributed by atoms with Gasteiger partial charge in [0, 0.05) is 23.4 Å². The summed E-state index contributed by atoms with van der Waals surface area (Å²) in [4.78, 5) is 28.4. The Morgan fingerprint density at radius 1 is 1.32 bits per heavy atom. The second-order valence-corrected chi connectivity index (χ2v) is 9.34. The first-order valence-corrected chi connectivity index (χ1v) is 12.1. The monoisotopic (exact) mass is 509 g/mol. The molecule has 0 aliphatic rings. The molecule has 1 amide bonds. The van der Waals surface area contributed by atoms with Gasteiger partial charge in [-0.3, -0.25) is 4.79 Å². The van der Waals surface area contributed by atoms with Crippen LogP contribution in [0.5, 0.6) is 0 Å². The number of imidazole rings is 1. The molecule has 0 bridgehead atoms. The molecule has 0 fully saturated rings. The molecule has 170 valence electrons. The van der Waals surface area contributed by atoms with Crippen LogP contribution in [-0.4, -0.2) is 32.3 Å². The molecule has 1 aromatic carbocycles. The largest absolute Gasteiger partial charge is 0.478 e. The smallest absolute Gasteiger partial charge is 0.336 e. The summed E-state index contributed by atoms with van der Waals surface area (Å²) >= 11 is 7.66. The van der Waals surface area contributed by atoms with E-state index < -0.39 is 5.97 Å². The van der Waals surface area contributed by atoms with E-state index in [4.69, 9.17) is 0 Å². The molecule has 0 aliphatic heterocycles. The fourth-order valence-corrected chi connectivity index (χ4v) is 4.22. The number of unbranched alkanes of at least 4 members (excludes halogenated alkanes) is 1. The number of hydrogen-bond acceptors (Lipinski definition) is 4. The number of nitrogens with one attached hydrogen (secondary N) is 1. The highest BCUT2D eigenvalue weighted by Gasteiger charge is 2.17. The van der Waals surface area contributed by atoms with Gasteiger partial charge in [0.2, 0.25) is 5.91 Å². The van der Waals surface area contributed by atoms with Crippen molar-refractivity contribution < 1.29 is 14.7 Å². The lowest BCUT2D eigenvalue weighted by Crippen LogP contribution is -2.30. The first kappa shape index (κ1) is 25.5. The number of carbonyl (C=O) groups excluding carboxylic acids is 1. The Labute approximate surface area is 198 Å². The normalized spacial score (nSPS) is 13.1. The molecule has 2 unspecified atom stereocenters. The Morgan fingerprint density at radius 2 is 2.06 bits per heavy atom. The number of aromatic nitrogens is 2. The zero-order valence-electron chi connectivity index (χ0n) is 18.4. The van der Waals surface area contributed by atoms with Crippen molar-refractivity contribution in [3.63, 3.8) is 0 Å².